The highest BCUT2D eigenvalue weighted by Gasteiger charge is 2.15. The van der Waals surface area contributed by atoms with Gasteiger partial charge in [-0.1, -0.05) is 0 Å². The Kier molecular flexibility index (Phi) is 2.68. The van der Waals surface area contributed by atoms with Crippen LogP contribution in [-0.4, -0.2) is 14.8 Å². The molecular weight excluding hydrogens is 293 g/mol. The van der Waals surface area contributed by atoms with Crippen molar-refractivity contribution in [3.05, 3.63) is 58.9 Å². The van der Waals surface area contributed by atoms with Crippen LogP contribution in [0.3, 0.4) is 0 Å². The summed E-state index contributed by atoms with van der Waals surface area (Å²) in [5.41, 5.74) is 0.803. The molecule has 4 aromatic rings. The van der Waals surface area contributed by atoms with Gasteiger partial charge in [-0.2, -0.15) is 4.68 Å². The molecule has 22 heavy (non-hydrogen) atoms. The average Bonchev–Trinajstić information content (AvgIpc) is 3.19. The van der Waals surface area contributed by atoms with Gasteiger partial charge < -0.3 is 13.3 Å². The van der Waals surface area contributed by atoms with Gasteiger partial charge in [-0.3, -0.25) is 0 Å². The van der Waals surface area contributed by atoms with E-state index in [0.29, 0.717) is 16.9 Å². The number of benzene rings is 1. The molecule has 110 valence electrons. The molecule has 0 aliphatic heterocycles. The summed E-state index contributed by atoms with van der Waals surface area (Å²) < 4.78 is 29.7. The maximum atomic E-state index is 13.1. The van der Waals surface area contributed by atoms with E-state index in [4.69, 9.17) is 13.3 Å². The van der Waals surface area contributed by atoms with Crippen molar-refractivity contribution in [2.24, 2.45) is 0 Å². The minimum absolute atomic E-state index is 0.0284. The van der Waals surface area contributed by atoms with Crippen LogP contribution in [0.2, 0.25) is 0 Å². The Bertz CT molecular complexity index is 997. The van der Waals surface area contributed by atoms with E-state index in [1.807, 2.05) is 0 Å². The minimum atomic E-state index is -0.667. The lowest BCUT2D eigenvalue weighted by Gasteiger charge is -1.91. The SMILES string of the molecule is O=c1oc(-c2ccco2)nn1Cc1nc2cc(F)ccc2o1. The Balaban J connectivity index is 1.69. The third-order valence-electron chi connectivity index (χ3n) is 3.02. The number of hydrogen-bond donors (Lipinski definition) is 0. The fourth-order valence-electron chi connectivity index (χ4n) is 2.05. The first-order valence-electron chi connectivity index (χ1n) is 6.36. The second kappa shape index (κ2) is 4.69. The Morgan fingerprint density at radius 2 is 2.14 bits per heavy atom. The van der Waals surface area contributed by atoms with E-state index in [-0.39, 0.29) is 18.3 Å². The van der Waals surface area contributed by atoms with Crippen molar-refractivity contribution in [1.29, 1.82) is 0 Å². The standard InChI is InChI=1S/C14H8FN3O4/c15-8-3-4-10-9(6-8)16-12(21-10)7-18-14(19)22-13(17-18)11-2-1-5-20-11/h1-6H,7H2. The molecule has 0 spiro atoms. The van der Waals surface area contributed by atoms with Gasteiger partial charge in [0.25, 0.3) is 5.89 Å². The van der Waals surface area contributed by atoms with Gasteiger partial charge in [0.05, 0.1) is 6.26 Å². The summed E-state index contributed by atoms with van der Waals surface area (Å²) in [6.45, 7) is -0.0284. The Hall–Kier alpha value is -3.16. The highest BCUT2D eigenvalue weighted by Crippen LogP contribution is 2.18. The van der Waals surface area contributed by atoms with Gasteiger partial charge >= 0.3 is 5.76 Å². The van der Waals surface area contributed by atoms with E-state index in [9.17, 15) is 9.18 Å². The number of furan rings is 1. The van der Waals surface area contributed by atoms with Crippen molar-refractivity contribution in [2.75, 3.05) is 0 Å². The van der Waals surface area contributed by atoms with Crippen LogP contribution in [0.5, 0.6) is 0 Å². The molecular formula is C14H8FN3O4. The highest BCUT2D eigenvalue weighted by molar-refractivity contribution is 5.72. The number of rotatable bonds is 3. The van der Waals surface area contributed by atoms with Gasteiger partial charge in [-0.15, -0.1) is 5.10 Å². The number of nitrogens with zero attached hydrogens (tertiary/aromatic N) is 3. The van der Waals surface area contributed by atoms with Gasteiger partial charge in [0.1, 0.15) is 17.9 Å². The molecule has 0 bridgehead atoms. The van der Waals surface area contributed by atoms with Crippen molar-refractivity contribution in [3.8, 4) is 11.7 Å². The molecule has 0 atom stereocenters. The van der Waals surface area contributed by atoms with E-state index < -0.39 is 11.6 Å². The zero-order valence-corrected chi connectivity index (χ0v) is 11.0. The van der Waals surface area contributed by atoms with Crippen LogP contribution in [0, 0.1) is 5.82 Å². The van der Waals surface area contributed by atoms with Crippen LogP contribution < -0.4 is 5.76 Å². The molecule has 0 N–H and O–H groups in total. The smallest absolute Gasteiger partial charge is 0.437 e. The second-order valence-corrected chi connectivity index (χ2v) is 4.53. The van der Waals surface area contributed by atoms with Crippen LogP contribution >= 0.6 is 0 Å². The van der Waals surface area contributed by atoms with E-state index in [0.717, 1.165) is 4.68 Å². The molecule has 0 saturated carbocycles. The predicted molar refractivity (Wildman–Crippen MR) is 71.5 cm³/mol. The van der Waals surface area contributed by atoms with Crippen LogP contribution in [0.1, 0.15) is 5.89 Å². The van der Waals surface area contributed by atoms with E-state index in [1.165, 1.54) is 24.5 Å². The predicted octanol–water partition coefficient (Wildman–Crippen LogP) is 2.42. The first-order valence-corrected chi connectivity index (χ1v) is 6.36. The maximum Gasteiger partial charge on any atom is 0.437 e. The summed E-state index contributed by atoms with van der Waals surface area (Å²) in [4.78, 5) is 15.9. The zero-order valence-electron chi connectivity index (χ0n) is 11.0. The van der Waals surface area contributed by atoms with Crippen molar-refractivity contribution in [2.45, 2.75) is 6.54 Å². The number of fused-ring (bicyclic) bond motifs is 1. The van der Waals surface area contributed by atoms with Gasteiger partial charge in [0, 0.05) is 6.07 Å². The third kappa shape index (κ3) is 2.10. The summed E-state index contributed by atoms with van der Waals surface area (Å²) >= 11 is 0. The zero-order chi connectivity index (χ0) is 15.1. The van der Waals surface area contributed by atoms with Gasteiger partial charge in [-0.25, -0.2) is 14.2 Å². The molecule has 3 heterocycles. The Labute approximate surface area is 121 Å². The van der Waals surface area contributed by atoms with E-state index in [1.54, 1.807) is 12.1 Å². The van der Waals surface area contributed by atoms with Crippen molar-refractivity contribution in [1.82, 2.24) is 14.8 Å². The first-order chi connectivity index (χ1) is 10.7. The topological polar surface area (TPSA) is 87.2 Å². The van der Waals surface area contributed by atoms with Gasteiger partial charge in [0.15, 0.2) is 11.3 Å². The molecule has 4 rings (SSSR count). The number of hydrogen-bond acceptors (Lipinski definition) is 6. The second-order valence-electron chi connectivity index (χ2n) is 4.53. The van der Waals surface area contributed by atoms with Gasteiger partial charge in [-0.05, 0) is 24.3 Å². The number of aromatic nitrogens is 3. The van der Waals surface area contributed by atoms with Crippen molar-refractivity contribution < 1.29 is 17.6 Å². The average molecular weight is 301 g/mol. The summed E-state index contributed by atoms with van der Waals surface area (Å²) in [7, 11) is 0. The lowest BCUT2D eigenvalue weighted by atomic mass is 10.3. The Morgan fingerprint density at radius 3 is 2.95 bits per heavy atom. The first kappa shape index (κ1) is 12.6. The van der Waals surface area contributed by atoms with Crippen molar-refractivity contribution >= 4 is 11.1 Å². The minimum Gasteiger partial charge on any atom is -0.459 e. The summed E-state index contributed by atoms with van der Waals surface area (Å²) in [5.74, 6) is -0.444. The maximum absolute atomic E-state index is 13.1. The van der Waals surface area contributed by atoms with E-state index >= 15 is 0 Å². The van der Waals surface area contributed by atoms with Crippen molar-refractivity contribution in [3.63, 3.8) is 0 Å². The lowest BCUT2D eigenvalue weighted by Crippen LogP contribution is -2.16. The summed E-state index contributed by atoms with van der Waals surface area (Å²) in [6, 6.07) is 7.28. The van der Waals surface area contributed by atoms with Gasteiger partial charge in [0.2, 0.25) is 5.89 Å². The monoisotopic (exact) mass is 301 g/mol. The molecule has 0 amide bonds. The molecule has 0 aliphatic rings. The molecule has 3 aromatic heterocycles. The summed E-state index contributed by atoms with van der Waals surface area (Å²) in [5, 5.41) is 4.00. The fraction of sp³-hybridized carbons (Fsp3) is 0.0714. The molecule has 8 heteroatoms. The molecule has 0 aliphatic carbocycles. The number of oxazole rings is 1. The van der Waals surface area contributed by atoms with Crippen LogP contribution in [-0.2, 0) is 6.54 Å². The largest absolute Gasteiger partial charge is 0.459 e. The van der Waals surface area contributed by atoms with Crippen LogP contribution in [0.15, 0.2) is 54.6 Å². The molecule has 0 fully saturated rings. The molecule has 1 aromatic carbocycles. The highest BCUT2D eigenvalue weighted by atomic mass is 19.1. The van der Waals surface area contributed by atoms with Crippen LogP contribution in [0.4, 0.5) is 4.39 Å². The molecule has 0 saturated heterocycles. The Morgan fingerprint density at radius 1 is 1.23 bits per heavy atom. The lowest BCUT2D eigenvalue weighted by molar-refractivity contribution is 0.449. The summed E-state index contributed by atoms with van der Waals surface area (Å²) in [6.07, 6.45) is 1.45. The third-order valence-corrected chi connectivity index (χ3v) is 3.02. The van der Waals surface area contributed by atoms with E-state index in [2.05, 4.69) is 10.1 Å². The number of halogens is 1. The molecule has 7 nitrogen and oxygen atoms in total. The fourth-order valence-corrected chi connectivity index (χ4v) is 2.05. The molecule has 0 unspecified atom stereocenters. The molecule has 0 radical (unpaired) electrons. The quantitative estimate of drug-likeness (QED) is 0.577. The van der Waals surface area contributed by atoms with Crippen LogP contribution in [0.25, 0.3) is 22.8 Å². The normalized spacial score (nSPS) is 11.3.